The summed E-state index contributed by atoms with van der Waals surface area (Å²) in [5, 5.41) is 17.7. The van der Waals surface area contributed by atoms with Crippen LogP contribution in [0.3, 0.4) is 0 Å². The second kappa shape index (κ2) is 11.5. The van der Waals surface area contributed by atoms with Gasteiger partial charge in [0.05, 0.1) is 18.5 Å². The van der Waals surface area contributed by atoms with E-state index in [4.69, 9.17) is 8.83 Å². The second-order valence-electron chi connectivity index (χ2n) is 13.7. The number of hydrogen-bond donors (Lipinski definition) is 3. The lowest BCUT2D eigenvalue weighted by Crippen LogP contribution is -2.54. The zero-order chi connectivity index (χ0) is 33.5. The highest BCUT2D eigenvalue weighted by Gasteiger charge is 2.32. The van der Waals surface area contributed by atoms with Crippen LogP contribution in [0.1, 0.15) is 64.4 Å². The molecule has 1 fully saturated rings. The number of allylic oxidation sites excluding steroid dienone is 1. The molecule has 0 saturated carbocycles. The van der Waals surface area contributed by atoms with Gasteiger partial charge in [0.1, 0.15) is 22.5 Å². The van der Waals surface area contributed by atoms with Crippen LogP contribution in [0.15, 0.2) is 148 Å². The van der Waals surface area contributed by atoms with E-state index >= 15 is 0 Å². The monoisotopic (exact) mass is 679 g/mol. The maximum Gasteiger partial charge on any atom is 0.139 e. The summed E-state index contributed by atoms with van der Waals surface area (Å²) in [7, 11) is 0. The topological polar surface area (TPSA) is 62.4 Å². The quantitative estimate of drug-likeness (QED) is 0.173. The predicted molar refractivity (Wildman–Crippen MR) is 209 cm³/mol. The van der Waals surface area contributed by atoms with Crippen LogP contribution in [-0.2, 0) is 0 Å². The summed E-state index contributed by atoms with van der Waals surface area (Å²) in [5.74, 6) is 1.06. The smallest absolute Gasteiger partial charge is 0.139 e. The van der Waals surface area contributed by atoms with Crippen LogP contribution in [0, 0.1) is 0 Å². The molecule has 6 aromatic carbocycles. The van der Waals surface area contributed by atoms with Crippen molar-refractivity contribution in [2.75, 3.05) is 0 Å². The highest BCUT2D eigenvalue weighted by molar-refractivity contribution is 7.26. The number of rotatable bonds is 4. The minimum Gasteiger partial charge on any atom is -0.460 e. The molecule has 3 N–H and O–H groups in total. The molecule has 9 aromatic rings. The zero-order valence-electron chi connectivity index (χ0n) is 27.6. The fourth-order valence-electron chi connectivity index (χ4n) is 8.35. The molecule has 4 unspecified atom stereocenters. The van der Waals surface area contributed by atoms with Gasteiger partial charge in [-0.25, -0.2) is 0 Å². The van der Waals surface area contributed by atoms with Crippen LogP contribution >= 0.6 is 11.3 Å². The van der Waals surface area contributed by atoms with Gasteiger partial charge < -0.3 is 8.83 Å². The Labute approximate surface area is 298 Å². The van der Waals surface area contributed by atoms with Gasteiger partial charge in [-0.15, -0.1) is 11.3 Å². The van der Waals surface area contributed by atoms with Crippen molar-refractivity contribution in [1.82, 2.24) is 16.0 Å². The van der Waals surface area contributed by atoms with Crippen molar-refractivity contribution in [2.45, 2.75) is 30.8 Å². The lowest BCUT2D eigenvalue weighted by atomic mass is 9.86. The molecular formula is C45H33N3O2S. The van der Waals surface area contributed by atoms with Crippen LogP contribution in [0.25, 0.3) is 59.2 Å². The van der Waals surface area contributed by atoms with Crippen molar-refractivity contribution >= 4 is 70.5 Å². The van der Waals surface area contributed by atoms with Crippen molar-refractivity contribution < 1.29 is 8.83 Å². The summed E-state index contributed by atoms with van der Waals surface area (Å²) in [6.45, 7) is 0. The number of para-hydroxylation sites is 2. The minimum absolute atomic E-state index is 0.0638. The first-order valence-electron chi connectivity index (χ1n) is 17.6. The third-order valence-corrected chi connectivity index (χ3v) is 12.0. The van der Waals surface area contributed by atoms with E-state index in [0.29, 0.717) is 0 Å². The highest BCUT2D eigenvalue weighted by Crippen LogP contribution is 2.45. The fourth-order valence-corrected chi connectivity index (χ4v) is 9.60. The number of nitrogens with one attached hydrogen (secondary N) is 3. The van der Waals surface area contributed by atoms with Gasteiger partial charge in [-0.05, 0) is 35.7 Å². The fraction of sp³-hybridized carbons (Fsp3) is 0.111. The molecule has 0 amide bonds. The van der Waals surface area contributed by atoms with Crippen LogP contribution in [0.4, 0.5) is 0 Å². The van der Waals surface area contributed by atoms with Crippen molar-refractivity contribution in [1.29, 1.82) is 0 Å². The van der Waals surface area contributed by atoms with Crippen molar-refractivity contribution in [2.24, 2.45) is 0 Å². The summed E-state index contributed by atoms with van der Waals surface area (Å²) >= 11 is 1.86. The Bertz CT molecular complexity index is 2810. The largest absolute Gasteiger partial charge is 0.460 e. The van der Waals surface area contributed by atoms with Gasteiger partial charge in [0.25, 0.3) is 0 Å². The van der Waals surface area contributed by atoms with Gasteiger partial charge in [0.2, 0.25) is 0 Å². The van der Waals surface area contributed by atoms with E-state index in [2.05, 4.69) is 149 Å². The molecule has 2 aliphatic rings. The van der Waals surface area contributed by atoms with Gasteiger partial charge in [-0.1, -0.05) is 127 Å². The normalized spacial score (nSPS) is 20.5. The number of thiophene rings is 1. The molecule has 1 aliphatic heterocycles. The van der Waals surface area contributed by atoms with Crippen molar-refractivity contribution in [3.63, 3.8) is 0 Å². The van der Waals surface area contributed by atoms with E-state index in [1.165, 1.54) is 36.9 Å². The Morgan fingerprint density at radius 2 is 1.25 bits per heavy atom. The van der Waals surface area contributed by atoms with E-state index in [1.54, 1.807) is 0 Å². The lowest BCUT2D eigenvalue weighted by Gasteiger charge is -2.39. The highest BCUT2D eigenvalue weighted by atomic mass is 32.1. The maximum atomic E-state index is 6.86. The van der Waals surface area contributed by atoms with Crippen LogP contribution in [-0.4, -0.2) is 0 Å². The van der Waals surface area contributed by atoms with Crippen molar-refractivity contribution in [3.05, 3.63) is 173 Å². The molecule has 11 rings (SSSR count). The van der Waals surface area contributed by atoms with Gasteiger partial charge >= 0.3 is 0 Å². The SMILES string of the molecule is C1=Cc2c(oc3cc(C4NC(c5ccccc5)NC(c5cccc6c5sc5ccccc56)N4)ccc23)C(c2cccc3c2oc2ccccc23)C1. The number of furan rings is 2. The lowest BCUT2D eigenvalue weighted by molar-refractivity contribution is 0.204. The van der Waals surface area contributed by atoms with Crippen LogP contribution in [0.5, 0.6) is 0 Å². The van der Waals surface area contributed by atoms with E-state index in [0.717, 1.165) is 56.2 Å². The molecule has 0 radical (unpaired) electrons. The van der Waals surface area contributed by atoms with Crippen molar-refractivity contribution in [3.8, 4) is 0 Å². The van der Waals surface area contributed by atoms with E-state index in [9.17, 15) is 0 Å². The third-order valence-electron chi connectivity index (χ3n) is 10.8. The van der Waals surface area contributed by atoms with E-state index in [-0.39, 0.29) is 24.4 Å². The Kier molecular flexibility index (Phi) is 6.61. The number of fused-ring (bicyclic) bond motifs is 9. The average molecular weight is 680 g/mol. The number of benzene rings is 6. The molecule has 4 atom stereocenters. The summed E-state index contributed by atoms with van der Waals surface area (Å²) < 4.78 is 16.0. The molecule has 1 saturated heterocycles. The third kappa shape index (κ3) is 4.65. The molecular weight excluding hydrogens is 647 g/mol. The molecule has 1 aliphatic carbocycles. The molecule has 3 aromatic heterocycles. The van der Waals surface area contributed by atoms with Crippen LogP contribution < -0.4 is 16.0 Å². The van der Waals surface area contributed by atoms with E-state index in [1.807, 2.05) is 23.5 Å². The second-order valence-corrected chi connectivity index (χ2v) is 14.7. The summed E-state index contributed by atoms with van der Waals surface area (Å²) in [4.78, 5) is 0. The van der Waals surface area contributed by atoms with Gasteiger partial charge in [-0.2, -0.15) is 0 Å². The summed E-state index contributed by atoms with van der Waals surface area (Å²) in [6.07, 6.45) is 5.07. The first kappa shape index (κ1) is 29.3. The predicted octanol–water partition coefficient (Wildman–Crippen LogP) is 11.4. The first-order valence-corrected chi connectivity index (χ1v) is 18.4. The Balaban J connectivity index is 0.997. The molecule has 0 bridgehead atoms. The zero-order valence-corrected chi connectivity index (χ0v) is 28.4. The maximum absolute atomic E-state index is 6.86. The molecule has 0 spiro atoms. The van der Waals surface area contributed by atoms with Gasteiger partial charge in [0.15, 0.2) is 0 Å². The van der Waals surface area contributed by atoms with Crippen LogP contribution in [0.2, 0.25) is 0 Å². The standard InChI is InChI=1S/C45H33N3O2S/c1-2-11-26(12-3-1)43-46-44(48-45(47-43)36-20-10-19-35-30-14-5-7-22-39(30)51-42(35)36)27-23-24-29-32-16-9-18-34(41(32)50-38(29)25-27)33-17-8-15-31-28-13-4-6-21-37(28)49-40(31)33/h1-17,19-25,34,43-48H,18H2. The molecule has 5 nitrogen and oxygen atoms in total. The molecule has 51 heavy (non-hydrogen) atoms. The average Bonchev–Trinajstić information content (AvgIpc) is 3.89. The molecule has 4 heterocycles. The van der Waals surface area contributed by atoms with Gasteiger partial charge in [0, 0.05) is 58.9 Å². The van der Waals surface area contributed by atoms with E-state index < -0.39 is 0 Å². The summed E-state index contributed by atoms with van der Waals surface area (Å²) in [6, 6.07) is 47.5. The minimum atomic E-state index is -0.131. The Morgan fingerprint density at radius 3 is 2.16 bits per heavy atom. The Morgan fingerprint density at radius 1 is 0.529 bits per heavy atom. The molecule has 246 valence electrons. The first-order chi connectivity index (χ1) is 25.3. The number of hydrogen-bond acceptors (Lipinski definition) is 6. The summed E-state index contributed by atoms with van der Waals surface area (Å²) in [5.41, 5.74) is 8.65. The Hall–Kier alpha value is -5.50. The molecule has 6 heteroatoms. The van der Waals surface area contributed by atoms with Gasteiger partial charge in [-0.3, -0.25) is 16.0 Å².